The Morgan fingerprint density at radius 2 is 2.11 bits per heavy atom. The largest absolute Gasteiger partial charge is 0.287 e. The van der Waals surface area contributed by atoms with Gasteiger partial charge in [-0.1, -0.05) is 37.6 Å². The Kier molecular flexibility index (Phi) is 3.53. The van der Waals surface area contributed by atoms with Crippen LogP contribution in [0.4, 0.5) is 0 Å². The fourth-order valence-electron chi connectivity index (χ4n) is 2.17. The minimum Gasteiger partial charge on any atom is -0.287 e. The molecular formula is C15H20N2O. The number of amides is 1. The topological polar surface area (TPSA) is 41.1 Å². The Labute approximate surface area is 108 Å². The van der Waals surface area contributed by atoms with Crippen molar-refractivity contribution in [1.29, 1.82) is 0 Å². The van der Waals surface area contributed by atoms with Crippen molar-refractivity contribution in [2.45, 2.75) is 39.2 Å². The van der Waals surface area contributed by atoms with E-state index in [1.165, 1.54) is 5.56 Å². The zero-order valence-corrected chi connectivity index (χ0v) is 11.2. The molecule has 1 fully saturated rings. The molecule has 0 unspecified atom stereocenters. The number of hydrogen-bond acceptors (Lipinski definition) is 2. The first-order valence-corrected chi connectivity index (χ1v) is 6.41. The van der Waals surface area contributed by atoms with Crippen LogP contribution in [0, 0.1) is 0 Å². The van der Waals surface area contributed by atoms with E-state index in [0.717, 1.165) is 24.0 Å². The van der Waals surface area contributed by atoms with Crippen molar-refractivity contribution in [3.8, 4) is 0 Å². The van der Waals surface area contributed by atoms with E-state index in [1.807, 2.05) is 32.1 Å². The van der Waals surface area contributed by atoms with E-state index >= 15 is 0 Å². The molecule has 0 atom stereocenters. The molecule has 2 N–H and O–H groups in total. The van der Waals surface area contributed by atoms with Crippen molar-refractivity contribution < 1.29 is 4.79 Å². The predicted octanol–water partition coefficient (Wildman–Crippen LogP) is 2.44. The second-order valence-electron chi connectivity index (χ2n) is 5.26. The summed E-state index contributed by atoms with van der Waals surface area (Å²) in [6.07, 6.45) is 4.17. The summed E-state index contributed by atoms with van der Waals surface area (Å²) in [5, 5.41) is 0. The molecule has 0 spiro atoms. The average molecular weight is 244 g/mol. The van der Waals surface area contributed by atoms with E-state index in [2.05, 4.69) is 29.9 Å². The maximum atomic E-state index is 11.8. The summed E-state index contributed by atoms with van der Waals surface area (Å²) in [5.74, 6) is -0.0408. The summed E-state index contributed by atoms with van der Waals surface area (Å²) < 4.78 is 0. The Morgan fingerprint density at radius 1 is 1.33 bits per heavy atom. The molecule has 0 aliphatic carbocycles. The minimum atomic E-state index is -0.322. The van der Waals surface area contributed by atoms with Crippen LogP contribution >= 0.6 is 0 Å². The van der Waals surface area contributed by atoms with E-state index in [-0.39, 0.29) is 11.4 Å². The molecule has 0 bridgehead atoms. The lowest BCUT2D eigenvalue weighted by atomic mass is 9.93. The van der Waals surface area contributed by atoms with Gasteiger partial charge in [-0.05, 0) is 37.5 Å². The van der Waals surface area contributed by atoms with Crippen LogP contribution in [-0.4, -0.2) is 11.4 Å². The zero-order chi connectivity index (χ0) is 13.2. The highest BCUT2D eigenvalue weighted by atomic mass is 16.2. The van der Waals surface area contributed by atoms with Gasteiger partial charge in [-0.2, -0.15) is 0 Å². The van der Waals surface area contributed by atoms with Crippen molar-refractivity contribution in [3.05, 3.63) is 41.0 Å². The summed E-state index contributed by atoms with van der Waals surface area (Å²) in [4.78, 5) is 11.8. The van der Waals surface area contributed by atoms with Gasteiger partial charge in [0.05, 0.1) is 5.54 Å². The van der Waals surface area contributed by atoms with Crippen molar-refractivity contribution >= 4 is 12.0 Å². The molecule has 2 rings (SSSR count). The summed E-state index contributed by atoms with van der Waals surface area (Å²) in [6, 6.07) is 8.36. The van der Waals surface area contributed by atoms with Crippen LogP contribution in [0.5, 0.6) is 0 Å². The van der Waals surface area contributed by atoms with E-state index in [0.29, 0.717) is 0 Å². The Morgan fingerprint density at radius 3 is 2.72 bits per heavy atom. The number of carbonyl (C=O) groups excluding carboxylic acids is 1. The Balaban J connectivity index is 2.32. The SMILES string of the molecule is CCCc1cccc(/C=C2\C(=O)NNC2(C)C)c1. The van der Waals surface area contributed by atoms with Crippen LogP contribution < -0.4 is 10.9 Å². The summed E-state index contributed by atoms with van der Waals surface area (Å²) in [5.41, 5.74) is 8.50. The van der Waals surface area contributed by atoms with Gasteiger partial charge in [-0.25, -0.2) is 5.43 Å². The van der Waals surface area contributed by atoms with Crippen LogP contribution in [0.25, 0.3) is 6.08 Å². The second kappa shape index (κ2) is 4.94. The molecule has 1 amide bonds. The number of rotatable bonds is 3. The van der Waals surface area contributed by atoms with Crippen LogP contribution in [-0.2, 0) is 11.2 Å². The van der Waals surface area contributed by atoms with E-state index in [1.54, 1.807) is 0 Å². The van der Waals surface area contributed by atoms with Gasteiger partial charge in [-0.15, -0.1) is 0 Å². The smallest absolute Gasteiger partial charge is 0.263 e. The highest BCUT2D eigenvalue weighted by molar-refractivity contribution is 6.01. The maximum Gasteiger partial charge on any atom is 0.263 e. The molecule has 1 saturated heterocycles. The highest BCUT2D eigenvalue weighted by Gasteiger charge is 2.34. The van der Waals surface area contributed by atoms with Crippen LogP contribution in [0.15, 0.2) is 29.8 Å². The molecule has 18 heavy (non-hydrogen) atoms. The van der Waals surface area contributed by atoms with Gasteiger partial charge in [0, 0.05) is 5.57 Å². The standard InChI is InChI=1S/C15H20N2O/c1-4-6-11-7-5-8-12(9-11)10-13-14(18)16-17-15(13,2)3/h5,7-10,17H,4,6H2,1-3H3,(H,16,18)/b13-10+. The number of benzene rings is 1. The number of nitrogens with one attached hydrogen (secondary N) is 2. The molecule has 0 aromatic heterocycles. The molecule has 1 aliphatic heterocycles. The van der Waals surface area contributed by atoms with Gasteiger partial charge < -0.3 is 0 Å². The monoisotopic (exact) mass is 244 g/mol. The lowest BCUT2D eigenvalue weighted by Gasteiger charge is -2.17. The summed E-state index contributed by atoms with van der Waals surface area (Å²) in [6.45, 7) is 6.15. The number of carbonyl (C=O) groups is 1. The van der Waals surface area contributed by atoms with Gasteiger partial charge in [0.25, 0.3) is 5.91 Å². The average Bonchev–Trinajstić information content (AvgIpc) is 2.57. The third-order valence-electron chi connectivity index (χ3n) is 3.21. The fraction of sp³-hybridized carbons (Fsp3) is 0.400. The van der Waals surface area contributed by atoms with Crippen LogP contribution in [0.3, 0.4) is 0 Å². The van der Waals surface area contributed by atoms with Gasteiger partial charge in [-0.3, -0.25) is 10.2 Å². The molecule has 1 heterocycles. The molecule has 1 aliphatic rings. The van der Waals surface area contributed by atoms with Crippen molar-refractivity contribution in [1.82, 2.24) is 10.9 Å². The first-order chi connectivity index (χ1) is 8.53. The minimum absolute atomic E-state index is 0.0408. The van der Waals surface area contributed by atoms with Crippen molar-refractivity contribution in [3.63, 3.8) is 0 Å². The van der Waals surface area contributed by atoms with Crippen molar-refractivity contribution in [2.75, 3.05) is 0 Å². The molecular weight excluding hydrogens is 224 g/mol. The predicted molar refractivity (Wildman–Crippen MR) is 73.8 cm³/mol. The van der Waals surface area contributed by atoms with Crippen LogP contribution in [0.1, 0.15) is 38.3 Å². The third kappa shape index (κ3) is 2.62. The first-order valence-electron chi connectivity index (χ1n) is 6.41. The zero-order valence-electron chi connectivity index (χ0n) is 11.2. The van der Waals surface area contributed by atoms with Gasteiger partial charge in [0.15, 0.2) is 0 Å². The summed E-state index contributed by atoms with van der Waals surface area (Å²) in [7, 11) is 0. The van der Waals surface area contributed by atoms with Gasteiger partial charge in [0.2, 0.25) is 0 Å². The molecule has 3 nitrogen and oxygen atoms in total. The van der Waals surface area contributed by atoms with Gasteiger partial charge >= 0.3 is 0 Å². The lowest BCUT2D eigenvalue weighted by molar-refractivity contribution is -0.116. The normalized spacial score (nSPS) is 20.2. The maximum absolute atomic E-state index is 11.8. The number of hydrazine groups is 1. The van der Waals surface area contributed by atoms with Gasteiger partial charge in [0.1, 0.15) is 0 Å². The highest BCUT2D eigenvalue weighted by Crippen LogP contribution is 2.23. The van der Waals surface area contributed by atoms with E-state index < -0.39 is 0 Å². The number of hydrogen-bond donors (Lipinski definition) is 2. The molecule has 1 aromatic carbocycles. The Bertz CT molecular complexity index is 489. The van der Waals surface area contributed by atoms with E-state index in [9.17, 15) is 4.79 Å². The molecule has 96 valence electrons. The van der Waals surface area contributed by atoms with Crippen molar-refractivity contribution in [2.24, 2.45) is 0 Å². The third-order valence-corrected chi connectivity index (χ3v) is 3.21. The van der Waals surface area contributed by atoms with E-state index in [4.69, 9.17) is 0 Å². The fourth-order valence-corrected chi connectivity index (χ4v) is 2.17. The molecule has 0 radical (unpaired) electrons. The quantitative estimate of drug-likeness (QED) is 0.802. The molecule has 0 saturated carbocycles. The first kappa shape index (κ1) is 12.8. The molecule has 1 aromatic rings. The number of aryl methyl sites for hydroxylation is 1. The second-order valence-corrected chi connectivity index (χ2v) is 5.26. The van der Waals surface area contributed by atoms with Crippen LogP contribution in [0.2, 0.25) is 0 Å². The summed E-state index contributed by atoms with van der Waals surface area (Å²) >= 11 is 0. The lowest BCUT2D eigenvalue weighted by Crippen LogP contribution is -2.38. The Hall–Kier alpha value is -1.61. The molecule has 3 heteroatoms.